The van der Waals surface area contributed by atoms with Gasteiger partial charge in [0.25, 0.3) is 0 Å². The largest absolute Gasteiger partial charge is 0.416 e. The van der Waals surface area contributed by atoms with Crippen LogP contribution in [0.5, 0.6) is 0 Å². The second-order valence-electron chi connectivity index (χ2n) is 8.06. The average Bonchev–Trinajstić information content (AvgIpc) is 3.23. The molecule has 3 heterocycles. The lowest BCUT2D eigenvalue weighted by Gasteiger charge is -2.16. The Bertz CT molecular complexity index is 1310. The van der Waals surface area contributed by atoms with Crippen molar-refractivity contribution in [2.75, 3.05) is 43.3 Å². The third kappa shape index (κ3) is 6.22. The molecule has 0 bridgehead atoms. The number of pyridine rings is 1. The van der Waals surface area contributed by atoms with Crippen molar-refractivity contribution in [2.45, 2.75) is 18.1 Å². The lowest BCUT2D eigenvalue weighted by Crippen LogP contribution is -2.28. The van der Waals surface area contributed by atoms with Gasteiger partial charge >= 0.3 is 6.18 Å². The van der Waals surface area contributed by atoms with Gasteiger partial charge in [0.15, 0.2) is 11.5 Å². The van der Waals surface area contributed by atoms with Gasteiger partial charge in [0, 0.05) is 54.7 Å². The van der Waals surface area contributed by atoms with E-state index in [-0.39, 0.29) is 11.6 Å². The predicted molar refractivity (Wildman–Crippen MR) is 134 cm³/mol. The number of nitrogens with one attached hydrogen (secondary N) is 3. The summed E-state index contributed by atoms with van der Waals surface area (Å²) in [7, 11) is 1.93. The van der Waals surface area contributed by atoms with Crippen molar-refractivity contribution in [1.82, 2.24) is 30.0 Å². The van der Waals surface area contributed by atoms with E-state index in [1.807, 2.05) is 31.0 Å². The number of anilines is 2. The highest BCUT2D eigenvalue weighted by molar-refractivity contribution is 8.00. The molecule has 0 aliphatic rings. The Morgan fingerprint density at radius 1 is 1.11 bits per heavy atom. The summed E-state index contributed by atoms with van der Waals surface area (Å²) in [5.41, 5.74) is 2.08. The van der Waals surface area contributed by atoms with Crippen molar-refractivity contribution < 1.29 is 18.3 Å². The van der Waals surface area contributed by atoms with Crippen LogP contribution in [0, 0.1) is 6.92 Å². The molecule has 0 atom stereocenters. The lowest BCUT2D eigenvalue weighted by atomic mass is 10.2. The van der Waals surface area contributed by atoms with E-state index in [2.05, 4.69) is 30.2 Å². The third-order valence-corrected chi connectivity index (χ3v) is 6.11. The van der Waals surface area contributed by atoms with Gasteiger partial charge in [0.05, 0.1) is 17.6 Å². The Labute approximate surface area is 209 Å². The molecule has 3 aromatic heterocycles. The first-order valence-electron chi connectivity index (χ1n) is 11.1. The summed E-state index contributed by atoms with van der Waals surface area (Å²) in [4.78, 5) is 15.3. The molecule has 0 spiro atoms. The van der Waals surface area contributed by atoms with Crippen LogP contribution in [0.3, 0.4) is 0 Å². The molecule has 36 heavy (non-hydrogen) atoms. The van der Waals surface area contributed by atoms with E-state index in [0.29, 0.717) is 36.1 Å². The van der Waals surface area contributed by atoms with Gasteiger partial charge in [-0.05, 0) is 50.4 Å². The normalized spacial score (nSPS) is 11.9. The zero-order valence-electron chi connectivity index (χ0n) is 19.6. The number of benzene rings is 1. The highest BCUT2D eigenvalue weighted by atomic mass is 32.2. The van der Waals surface area contributed by atoms with Gasteiger partial charge in [0.2, 0.25) is 0 Å². The summed E-state index contributed by atoms with van der Waals surface area (Å²) >= 11 is 0.991. The number of aromatic nitrogens is 5. The van der Waals surface area contributed by atoms with E-state index in [1.54, 1.807) is 12.1 Å². The first-order chi connectivity index (χ1) is 17.2. The van der Waals surface area contributed by atoms with Crippen LogP contribution in [0.2, 0.25) is 0 Å². The monoisotopic (exact) mass is 518 g/mol. The minimum atomic E-state index is -4.42. The summed E-state index contributed by atoms with van der Waals surface area (Å²) in [6.45, 7) is 3.92. The first kappa shape index (κ1) is 25.7. The molecule has 0 saturated heterocycles. The van der Waals surface area contributed by atoms with Gasteiger partial charge in [-0.25, -0.2) is 15.0 Å². The number of aryl methyl sites for hydroxylation is 1. The summed E-state index contributed by atoms with van der Waals surface area (Å²) < 4.78 is 41.7. The molecule has 0 unspecified atom stereocenters. The molecule has 0 radical (unpaired) electrons. The van der Waals surface area contributed by atoms with Crippen molar-refractivity contribution in [3.8, 4) is 11.4 Å². The van der Waals surface area contributed by atoms with Crippen LogP contribution in [0.15, 0.2) is 47.6 Å². The number of nitrogens with zero attached hydrogens (tertiary/aromatic N) is 5. The number of aromatic amines is 1. The van der Waals surface area contributed by atoms with Crippen molar-refractivity contribution in [3.63, 3.8) is 0 Å². The second-order valence-corrected chi connectivity index (χ2v) is 8.89. The number of likely N-dealkylation sites (N-methyl/N-ethyl adjacent to an activating group) is 1. The van der Waals surface area contributed by atoms with Gasteiger partial charge in [-0.1, -0.05) is 0 Å². The van der Waals surface area contributed by atoms with Gasteiger partial charge in [-0.3, -0.25) is 5.10 Å². The van der Waals surface area contributed by atoms with Crippen LogP contribution in [-0.2, 0) is 6.18 Å². The number of fused-ring (bicyclic) bond motifs is 1. The topological polar surface area (TPSA) is 115 Å². The molecule has 0 saturated carbocycles. The Morgan fingerprint density at radius 3 is 2.61 bits per heavy atom. The highest BCUT2D eigenvalue weighted by Crippen LogP contribution is 2.32. The Hall–Kier alpha value is -3.42. The Kier molecular flexibility index (Phi) is 7.91. The maximum atomic E-state index is 12.9. The predicted octanol–water partition coefficient (Wildman–Crippen LogP) is 4.20. The van der Waals surface area contributed by atoms with E-state index in [1.165, 1.54) is 0 Å². The SMILES string of the molecule is Cc1[nH]nc2nc(-c3ccc(NSc4cc(C(F)(F)F)ccn4)cc3)nc(NCCN(C)CCO)c12. The van der Waals surface area contributed by atoms with E-state index < -0.39 is 11.7 Å². The minimum absolute atomic E-state index is 0.0963. The highest BCUT2D eigenvalue weighted by Gasteiger charge is 2.30. The number of aliphatic hydroxyl groups is 1. The van der Waals surface area contributed by atoms with E-state index in [0.717, 1.165) is 53.5 Å². The number of rotatable bonds is 10. The van der Waals surface area contributed by atoms with Gasteiger partial charge < -0.3 is 20.0 Å². The maximum Gasteiger partial charge on any atom is 0.416 e. The fourth-order valence-electron chi connectivity index (χ4n) is 3.41. The molecule has 0 amide bonds. The number of halogens is 3. The maximum absolute atomic E-state index is 12.9. The van der Waals surface area contributed by atoms with Gasteiger partial charge in [0.1, 0.15) is 10.8 Å². The van der Waals surface area contributed by atoms with E-state index in [4.69, 9.17) is 10.1 Å². The molecule has 13 heteroatoms. The second kappa shape index (κ2) is 11.1. The Balaban J connectivity index is 1.48. The molecule has 4 rings (SSSR count). The van der Waals surface area contributed by atoms with Crippen molar-refractivity contribution in [3.05, 3.63) is 53.9 Å². The van der Waals surface area contributed by atoms with Crippen LogP contribution >= 0.6 is 11.9 Å². The molecule has 4 aromatic rings. The summed E-state index contributed by atoms with van der Waals surface area (Å²) in [5.74, 6) is 1.14. The summed E-state index contributed by atoms with van der Waals surface area (Å²) in [6, 6.07) is 9.15. The standard InChI is InChI=1S/C23H25F3N8OS/c1-14-19-21(28-9-10-34(2)11-12-35)29-20(30-22(19)32-31-14)15-3-5-17(6-4-15)33-36-18-13-16(7-8-27-18)23(24,25)26/h3-8,13,33,35H,9-12H2,1-2H3,(H2,28,29,30,31,32). The van der Waals surface area contributed by atoms with Crippen LogP contribution in [-0.4, -0.2) is 68.4 Å². The lowest BCUT2D eigenvalue weighted by molar-refractivity contribution is -0.137. The Morgan fingerprint density at radius 2 is 1.89 bits per heavy atom. The molecular formula is C23H25F3N8OS. The molecule has 0 fully saturated rings. The third-order valence-electron chi connectivity index (χ3n) is 5.34. The molecule has 4 N–H and O–H groups in total. The quantitative estimate of drug-likeness (QED) is 0.229. The van der Waals surface area contributed by atoms with Crippen molar-refractivity contribution >= 4 is 34.5 Å². The van der Waals surface area contributed by atoms with Crippen LogP contribution in [0.25, 0.3) is 22.4 Å². The summed E-state index contributed by atoms with van der Waals surface area (Å²) in [6.07, 6.45) is -3.28. The molecule has 0 aliphatic heterocycles. The smallest absolute Gasteiger partial charge is 0.395 e. The molecular weight excluding hydrogens is 493 g/mol. The molecule has 190 valence electrons. The molecule has 9 nitrogen and oxygen atoms in total. The number of H-pyrrole nitrogens is 1. The van der Waals surface area contributed by atoms with E-state index in [9.17, 15) is 13.2 Å². The fourth-order valence-corrected chi connectivity index (χ4v) is 4.07. The van der Waals surface area contributed by atoms with Crippen LogP contribution in [0.4, 0.5) is 24.7 Å². The van der Waals surface area contributed by atoms with Crippen LogP contribution < -0.4 is 10.0 Å². The van der Waals surface area contributed by atoms with Crippen molar-refractivity contribution in [2.24, 2.45) is 0 Å². The average molecular weight is 519 g/mol. The minimum Gasteiger partial charge on any atom is -0.395 e. The number of aliphatic hydroxyl groups excluding tert-OH is 1. The van der Waals surface area contributed by atoms with Crippen LogP contribution in [0.1, 0.15) is 11.3 Å². The zero-order chi connectivity index (χ0) is 25.7. The zero-order valence-corrected chi connectivity index (χ0v) is 20.4. The summed E-state index contributed by atoms with van der Waals surface area (Å²) in [5, 5.41) is 20.7. The van der Waals surface area contributed by atoms with Gasteiger partial charge in [-0.2, -0.15) is 18.3 Å². The number of alkyl halides is 3. The van der Waals surface area contributed by atoms with Crippen molar-refractivity contribution in [1.29, 1.82) is 0 Å². The first-order valence-corrected chi connectivity index (χ1v) is 11.9. The number of hydrogen-bond acceptors (Lipinski definition) is 9. The number of hydrogen-bond donors (Lipinski definition) is 4. The molecule has 0 aliphatic carbocycles. The molecule has 1 aromatic carbocycles. The van der Waals surface area contributed by atoms with Gasteiger partial charge in [-0.15, -0.1) is 0 Å². The van der Waals surface area contributed by atoms with E-state index >= 15 is 0 Å². The fraction of sp³-hybridized carbons (Fsp3) is 0.304.